The van der Waals surface area contributed by atoms with Gasteiger partial charge in [0.05, 0.1) is 36.8 Å². The van der Waals surface area contributed by atoms with E-state index in [1.165, 1.54) is 36.7 Å². The van der Waals surface area contributed by atoms with Crippen LogP contribution in [0.4, 0.5) is 5.69 Å². The fourth-order valence-corrected chi connectivity index (χ4v) is 5.52. The van der Waals surface area contributed by atoms with Crippen LogP contribution in [0.3, 0.4) is 0 Å². The first-order chi connectivity index (χ1) is 16.1. The van der Waals surface area contributed by atoms with E-state index in [1.807, 2.05) is 0 Å². The zero-order chi connectivity index (χ0) is 24.9. The molecule has 2 aromatic rings. The Balaban J connectivity index is 1.67. The molecule has 1 aliphatic heterocycles. The van der Waals surface area contributed by atoms with Crippen molar-refractivity contribution in [3.8, 4) is 0 Å². The van der Waals surface area contributed by atoms with Crippen LogP contribution in [0.15, 0.2) is 46.9 Å². The van der Waals surface area contributed by atoms with E-state index in [4.69, 9.17) is 9.47 Å². The molecule has 1 fully saturated rings. The van der Waals surface area contributed by atoms with E-state index in [1.54, 1.807) is 24.3 Å². The lowest BCUT2D eigenvalue weighted by Crippen LogP contribution is -2.42. The molecule has 2 aromatic carbocycles. The van der Waals surface area contributed by atoms with Crippen molar-refractivity contribution in [2.45, 2.75) is 18.6 Å². The second-order valence-electron chi connectivity index (χ2n) is 7.79. The number of ether oxygens (including phenoxy) is 2. The van der Waals surface area contributed by atoms with Crippen LogP contribution in [0.2, 0.25) is 0 Å². The molecule has 3 rings (SSSR count). The van der Waals surface area contributed by atoms with Crippen molar-refractivity contribution in [1.82, 2.24) is 4.31 Å². The van der Waals surface area contributed by atoms with Crippen molar-refractivity contribution >= 4 is 49.5 Å². The number of amides is 1. The van der Waals surface area contributed by atoms with Gasteiger partial charge in [0.15, 0.2) is 0 Å². The van der Waals surface area contributed by atoms with Gasteiger partial charge in [-0.1, -0.05) is 28.1 Å². The number of halogens is 1. The molecule has 182 valence electrons. The number of methoxy groups -OCH3 is 2. The molecular weight excluding hydrogens is 528 g/mol. The van der Waals surface area contributed by atoms with E-state index >= 15 is 0 Å². The molecule has 11 heteroatoms. The summed E-state index contributed by atoms with van der Waals surface area (Å²) < 4.78 is 37.3. The van der Waals surface area contributed by atoms with Gasteiger partial charge >= 0.3 is 11.9 Å². The lowest BCUT2D eigenvalue weighted by atomic mass is 9.97. The normalized spacial score (nSPS) is 14.9. The number of nitrogens with zero attached hydrogens (tertiary/aromatic N) is 1. The van der Waals surface area contributed by atoms with E-state index in [2.05, 4.69) is 21.2 Å². The van der Waals surface area contributed by atoms with Gasteiger partial charge in [0.2, 0.25) is 15.9 Å². The first kappa shape index (κ1) is 25.9. The van der Waals surface area contributed by atoms with Gasteiger partial charge in [-0.25, -0.2) is 22.3 Å². The number of rotatable bonds is 7. The molecule has 0 saturated carbocycles. The summed E-state index contributed by atoms with van der Waals surface area (Å²) in [5.41, 5.74) is 1.08. The van der Waals surface area contributed by atoms with Gasteiger partial charge in [0.1, 0.15) is 0 Å². The fraction of sp³-hybridized carbons (Fsp3) is 0.348. The third-order valence-electron chi connectivity index (χ3n) is 5.58. The van der Waals surface area contributed by atoms with Crippen LogP contribution >= 0.6 is 15.9 Å². The standard InChI is InChI=1S/C23H25BrN2O7S/c1-32-22(28)17-5-8-19(23(29)33-2)20(13-17)25-21(27)16-9-11-26(12-10-16)34(30,31)14-15-3-6-18(24)7-4-15/h3-8,13,16H,9-12,14H2,1-2H3,(H,25,27). The van der Waals surface area contributed by atoms with E-state index in [-0.39, 0.29) is 41.6 Å². The first-order valence-electron chi connectivity index (χ1n) is 10.5. The minimum Gasteiger partial charge on any atom is -0.465 e. The highest BCUT2D eigenvalue weighted by Gasteiger charge is 2.32. The molecule has 1 aliphatic rings. The summed E-state index contributed by atoms with van der Waals surface area (Å²) in [6.07, 6.45) is 0.658. The number of piperidine rings is 1. The van der Waals surface area contributed by atoms with Gasteiger partial charge in [0, 0.05) is 23.5 Å². The summed E-state index contributed by atoms with van der Waals surface area (Å²) >= 11 is 3.33. The highest BCUT2D eigenvalue weighted by atomic mass is 79.9. The van der Waals surface area contributed by atoms with Crippen molar-refractivity contribution in [3.63, 3.8) is 0 Å². The summed E-state index contributed by atoms with van der Waals surface area (Å²) in [5.74, 6) is -2.21. The van der Waals surface area contributed by atoms with Crippen molar-refractivity contribution < 1.29 is 32.3 Å². The van der Waals surface area contributed by atoms with Gasteiger partial charge < -0.3 is 14.8 Å². The minimum atomic E-state index is -3.52. The first-order valence-corrected chi connectivity index (χ1v) is 12.9. The number of sulfonamides is 1. The Bertz CT molecular complexity index is 1170. The van der Waals surface area contributed by atoms with Gasteiger partial charge in [-0.05, 0) is 48.7 Å². The third-order valence-corrected chi connectivity index (χ3v) is 7.96. The average Bonchev–Trinajstić information content (AvgIpc) is 2.84. The molecule has 9 nitrogen and oxygen atoms in total. The van der Waals surface area contributed by atoms with Crippen LogP contribution in [0.5, 0.6) is 0 Å². The molecule has 0 atom stereocenters. The summed E-state index contributed by atoms with van der Waals surface area (Å²) in [5, 5.41) is 2.69. The molecule has 1 amide bonds. The lowest BCUT2D eigenvalue weighted by molar-refractivity contribution is -0.120. The fourth-order valence-electron chi connectivity index (χ4n) is 3.69. The molecule has 0 radical (unpaired) electrons. The van der Waals surface area contributed by atoms with Crippen molar-refractivity contribution in [3.05, 3.63) is 63.6 Å². The number of hydrogen-bond donors (Lipinski definition) is 1. The number of carbonyl (C=O) groups excluding carboxylic acids is 3. The molecule has 1 saturated heterocycles. The molecule has 0 bridgehead atoms. The second kappa shape index (κ2) is 11.1. The van der Waals surface area contributed by atoms with Gasteiger partial charge in [-0.3, -0.25) is 4.79 Å². The average molecular weight is 553 g/mol. The number of hydrogen-bond acceptors (Lipinski definition) is 7. The van der Waals surface area contributed by atoms with E-state index < -0.39 is 27.9 Å². The number of esters is 2. The second-order valence-corrected chi connectivity index (χ2v) is 10.7. The van der Waals surface area contributed by atoms with Crippen LogP contribution in [0, 0.1) is 5.92 Å². The van der Waals surface area contributed by atoms with Gasteiger partial charge in [-0.2, -0.15) is 0 Å². The molecule has 34 heavy (non-hydrogen) atoms. The Morgan fingerprint density at radius 3 is 2.21 bits per heavy atom. The van der Waals surface area contributed by atoms with Crippen molar-refractivity contribution in [2.75, 3.05) is 32.6 Å². The maximum atomic E-state index is 12.9. The molecule has 0 aliphatic carbocycles. The highest BCUT2D eigenvalue weighted by Crippen LogP contribution is 2.26. The molecule has 0 aromatic heterocycles. The number of nitrogens with one attached hydrogen (secondary N) is 1. The predicted octanol–water partition coefficient (Wildman–Crippen LogP) is 3.20. The molecular formula is C23H25BrN2O7S. The van der Waals surface area contributed by atoms with Crippen LogP contribution in [0.25, 0.3) is 0 Å². The Hall–Kier alpha value is -2.76. The van der Waals surface area contributed by atoms with E-state index in [0.29, 0.717) is 18.4 Å². The van der Waals surface area contributed by atoms with Gasteiger partial charge in [0.25, 0.3) is 0 Å². The highest BCUT2D eigenvalue weighted by molar-refractivity contribution is 9.10. The van der Waals surface area contributed by atoms with Gasteiger partial charge in [-0.15, -0.1) is 0 Å². The summed E-state index contributed by atoms with van der Waals surface area (Å²) in [7, 11) is -1.08. The maximum absolute atomic E-state index is 12.9. The van der Waals surface area contributed by atoms with Crippen LogP contribution in [-0.4, -0.2) is 57.9 Å². The SMILES string of the molecule is COC(=O)c1ccc(C(=O)OC)c(NC(=O)C2CCN(S(=O)(=O)Cc3ccc(Br)cc3)CC2)c1. The molecule has 0 unspecified atom stereocenters. The number of anilines is 1. The van der Waals surface area contributed by atoms with Crippen molar-refractivity contribution in [1.29, 1.82) is 0 Å². The Morgan fingerprint density at radius 2 is 1.62 bits per heavy atom. The summed E-state index contributed by atoms with van der Waals surface area (Å²) in [4.78, 5) is 36.9. The largest absolute Gasteiger partial charge is 0.465 e. The number of carbonyl (C=O) groups is 3. The van der Waals surface area contributed by atoms with E-state index in [9.17, 15) is 22.8 Å². The zero-order valence-corrected chi connectivity index (χ0v) is 21.1. The topological polar surface area (TPSA) is 119 Å². The Morgan fingerprint density at radius 1 is 1.00 bits per heavy atom. The third kappa shape index (κ3) is 6.22. The minimum absolute atomic E-state index is 0.0954. The molecule has 0 spiro atoms. The zero-order valence-electron chi connectivity index (χ0n) is 18.7. The van der Waals surface area contributed by atoms with Crippen LogP contribution < -0.4 is 5.32 Å². The lowest BCUT2D eigenvalue weighted by Gasteiger charge is -2.30. The quantitative estimate of drug-likeness (QED) is 0.523. The van der Waals surface area contributed by atoms with Crippen LogP contribution in [-0.2, 0) is 30.0 Å². The number of benzene rings is 2. The smallest absolute Gasteiger partial charge is 0.339 e. The Labute approximate surface area is 206 Å². The van der Waals surface area contributed by atoms with E-state index in [0.717, 1.165) is 4.47 Å². The Kier molecular flexibility index (Phi) is 8.45. The summed E-state index contributed by atoms with van der Waals surface area (Å²) in [6.45, 7) is 0.423. The molecule has 1 N–H and O–H groups in total. The predicted molar refractivity (Wildman–Crippen MR) is 129 cm³/mol. The maximum Gasteiger partial charge on any atom is 0.339 e. The monoisotopic (exact) mass is 552 g/mol. The summed E-state index contributed by atoms with van der Waals surface area (Å²) in [6, 6.07) is 11.2. The van der Waals surface area contributed by atoms with Crippen LogP contribution in [0.1, 0.15) is 39.1 Å². The van der Waals surface area contributed by atoms with Crippen molar-refractivity contribution in [2.24, 2.45) is 5.92 Å². The molecule has 1 heterocycles.